The normalized spacial score (nSPS) is 11.7. The number of rotatable bonds is 39. The van der Waals surface area contributed by atoms with Crippen molar-refractivity contribution in [3.05, 3.63) is 48.5 Å². The molecule has 0 saturated carbocycles. The summed E-state index contributed by atoms with van der Waals surface area (Å²) in [6.45, 7) is 4.57. The first-order chi connectivity index (χ1) is 27.3. The van der Waals surface area contributed by atoms with Crippen LogP contribution in [0.5, 0.6) is 0 Å². The summed E-state index contributed by atoms with van der Waals surface area (Å²) >= 11 is 0. The summed E-state index contributed by atoms with van der Waals surface area (Å²) in [6.07, 6.45) is 39.4. The van der Waals surface area contributed by atoms with E-state index in [0.29, 0.717) is 24.0 Å². The molecule has 2 rings (SSSR count). The predicted octanol–water partition coefficient (Wildman–Crippen LogP) is 14.5. The summed E-state index contributed by atoms with van der Waals surface area (Å²) in [5, 5.41) is 0. The zero-order valence-electron chi connectivity index (χ0n) is 37.9. The zero-order valence-corrected chi connectivity index (χ0v) is 43.6. The molecule has 0 unspecified atom stereocenters. The molecule has 0 aromatic heterocycles. The Labute approximate surface area is 402 Å². The van der Waals surface area contributed by atoms with Crippen LogP contribution < -0.4 is 0 Å². The Morgan fingerprint density at radius 2 is 0.672 bits per heavy atom. The Bertz CT molecular complexity index is 1440. The van der Waals surface area contributed by atoms with Crippen LogP contribution in [0.15, 0.2) is 58.3 Å². The van der Waals surface area contributed by atoms with Crippen molar-refractivity contribution in [1.29, 1.82) is 0 Å². The third-order valence-electron chi connectivity index (χ3n) is 11.1. The van der Waals surface area contributed by atoms with Gasteiger partial charge < -0.3 is 0 Å². The standard InChI is InChI=1S/C48H82O6S2.2Na/c1-3-5-7-9-11-13-15-17-19-21-23-25-27-29-31-36-43-53-55(49,50)47-42-38-41-46(45-39-34-33-35-40-45)48(47)56(51,52)54-44-37-32-30-28-26-24-22-20-18-16-14-12-10-8-6-4-2;;/h33-35,38-42H,3-32,36-37,43-44H2,1-2H3;;. The molecule has 2 aromatic rings. The summed E-state index contributed by atoms with van der Waals surface area (Å²) < 4.78 is 65.5. The van der Waals surface area contributed by atoms with Crippen LogP contribution >= 0.6 is 0 Å². The molecule has 0 heterocycles. The predicted molar refractivity (Wildman–Crippen MR) is 249 cm³/mol. The first kappa shape index (κ1) is 58.3. The average Bonchev–Trinajstić information content (AvgIpc) is 3.20. The largest absolute Gasteiger partial charge is 0.299 e. The molecule has 0 saturated heterocycles. The molecule has 0 aliphatic rings. The van der Waals surface area contributed by atoms with Crippen LogP contribution in [0.1, 0.15) is 219 Å². The molecule has 0 N–H and O–H groups in total. The van der Waals surface area contributed by atoms with Crippen molar-refractivity contribution < 1.29 is 25.2 Å². The van der Waals surface area contributed by atoms with Crippen molar-refractivity contribution in [2.75, 3.05) is 13.2 Å². The molecule has 2 radical (unpaired) electrons. The maximum absolute atomic E-state index is 13.7. The van der Waals surface area contributed by atoms with Crippen molar-refractivity contribution in [3.8, 4) is 11.1 Å². The Hall–Kier alpha value is 0.260. The number of hydrogen-bond donors (Lipinski definition) is 0. The van der Waals surface area contributed by atoms with E-state index in [2.05, 4.69) is 13.8 Å². The molecule has 58 heavy (non-hydrogen) atoms. The summed E-state index contributed by atoms with van der Waals surface area (Å²) in [5.41, 5.74) is 0.900. The van der Waals surface area contributed by atoms with E-state index >= 15 is 0 Å². The maximum Gasteiger partial charge on any atom is 0.299 e. The fourth-order valence-corrected chi connectivity index (χ4v) is 10.5. The summed E-state index contributed by atoms with van der Waals surface area (Å²) in [7, 11) is -8.74. The van der Waals surface area contributed by atoms with Gasteiger partial charge in [0, 0.05) is 64.7 Å². The summed E-state index contributed by atoms with van der Waals surface area (Å²) in [6, 6.07) is 13.5. The molecule has 0 fully saturated rings. The molecule has 10 heteroatoms. The van der Waals surface area contributed by atoms with Gasteiger partial charge in [0.1, 0.15) is 9.79 Å². The molecule has 0 aliphatic carbocycles. The number of hydrogen-bond acceptors (Lipinski definition) is 6. The molecule has 0 spiro atoms. The van der Waals surface area contributed by atoms with E-state index in [0.717, 1.165) is 38.5 Å². The molecule has 2 aromatic carbocycles. The molecule has 0 atom stereocenters. The maximum atomic E-state index is 13.7. The zero-order chi connectivity index (χ0) is 40.4. The van der Waals surface area contributed by atoms with Crippen molar-refractivity contribution in [3.63, 3.8) is 0 Å². The smallest absolute Gasteiger partial charge is 0.266 e. The molecule has 0 bridgehead atoms. The van der Waals surface area contributed by atoms with Gasteiger partial charge in [-0.25, -0.2) is 0 Å². The van der Waals surface area contributed by atoms with Crippen molar-refractivity contribution in [2.24, 2.45) is 0 Å². The van der Waals surface area contributed by atoms with Crippen molar-refractivity contribution in [1.82, 2.24) is 0 Å². The Kier molecular flexibility index (Phi) is 39.1. The van der Waals surface area contributed by atoms with E-state index in [4.69, 9.17) is 8.37 Å². The van der Waals surface area contributed by atoms with Gasteiger partial charge in [-0.1, -0.05) is 249 Å². The van der Waals surface area contributed by atoms with E-state index < -0.39 is 20.2 Å². The fraction of sp³-hybridized carbons (Fsp3) is 0.750. The summed E-state index contributed by atoms with van der Waals surface area (Å²) in [5.74, 6) is 0. The van der Waals surface area contributed by atoms with Crippen LogP contribution in [0.3, 0.4) is 0 Å². The van der Waals surface area contributed by atoms with Gasteiger partial charge in [0.2, 0.25) is 0 Å². The second-order valence-electron chi connectivity index (χ2n) is 16.2. The Balaban J connectivity index is 0.0000162. The third kappa shape index (κ3) is 28.1. The number of unbranched alkanes of at least 4 members (excludes halogenated alkanes) is 30. The van der Waals surface area contributed by atoms with Crippen LogP contribution in [-0.4, -0.2) is 89.2 Å². The minimum atomic E-state index is -4.39. The topological polar surface area (TPSA) is 86.7 Å². The van der Waals surface area contributed by atoms with Crippen LogP contribution in [0, 0.1) is 0 Å². The van der Waals surface area contributed by atoms with Gasteiger partial charge in [-0.15, -0.1) is 0 Å². The monoisotopic (exact) mass is 865 g/mol. The average molecular weight is 865 g/mol. The first-order valence-corrected chi connectivity index (χ1v) is 26.1. The van der Waals surface area contributed by atoms with Gasteiger partial charge in [0.15, 0.2) is 0 Å². The van der Waals surface area contributed by atoms with Crippen LogP contribution in [-0.2, 0) is 28.6 Å². The molecular weight excluding hydrogens is 783 g/mol. The van der Waals surface area contributed by atoms with E-state index in [1.54, 1.807) is 36.4 Å². The minimum Gasteiger partial charge on any atom is -0.266 e. The Morgan fingerprint density at radius 1 is 0.362 bits per heavy atom. The van der Waals surface area contributed by atoms with E-state index in [-0.39, 0.29) is 82.1 Å². The van der Waals surface area contributed by atoms with Gasteiger partial charge in [-0.3, -0.25) is 8.37 Å². The minimum absolute atomic E-state index is 0. The quantitative estimate of drug-likeness (QED) is 0.0378. The van der Waals surface area contributed by atoms with Crippen molar-refractivity contribution in [2.45, 2.75) is 229 Å². The van der Waals surface area contributed by atoms with Crippen molar-refractivity contribution >= 4 is 79.4 Å². The van der Waals surface area contributed by atoms with Crippen LogP contribution in [0.2, 0.25) is 0 Å². The third-order valence-corrected chi connectivity index (χ3v) is 14.0. The van der Waals surface area contributed by atoms with E-state index in [1.165, 1.54) is 160 Å². The van der Waals surface area contributed by atoms with Gasteiger partial charge in [0.05, 0.1) is 13.2 Å². The van der Waals surface area contributed by atoms with Gasteiger partial charge >= 0.3 is 0 Å². The molecule has 0 aliphatic heterocycles. The Morgan fingerprint density at radius 3 is 1.02 bits per heavy atom. The second kappa shape index (κ2) is 38.9. The molecule has 0 amide bonds. The van der Waals surface area contributed by atoms with E-state index in [9.17, 15) is 16.8 Å². The fourth-order valence-electron chi connectivity index (χ4n) is 7.58. The van der Waals surface area contributed by atoms with E-state index in [1.807, 2.05) is 6.07 Å². The molecule has 6 nitrogen and oxygen atoms in total. The second-order valence-corrected chi connectivity index (χ2v) is 19.3. The summed E-state index contributed by atoms with van der Waals surface area (Å²) in [4.78, 5) is -0.697. The van der Waals surface area contributed by atoms with Gasteiger partial charge in [0.25, 0.3) is 20.2 Å². The van der Waals surface area contributed by atoms with Crippen LogP contribution in [0.4, 0.5) is 0 Å². The van der Waals surface area contributed by atoms with Gasteiger partial charge in [-0.05, 0) is 24.5 Å². The van der Waals surface area contributed by atoms with Gasteiger partial charge in [-0.2, -0.15) is 16.8 Å². The van der Waals surface area contributed by atoms with Crippen LogP contribution in [0.25, 0.3) is 11.1 Å². The first-order valence-electron chi connectivity index (χ1n) is 23.3. The molecule has 324 valence electrons. The number of benzene rings is 2. The molecular formula is C48H82Na2O6S2. The SMILES string of the molecule is CCCCCCCCCCCCCCCCCCOS(=O)(=O)c1cccc(-c2ccccc2)c1S(=O)(=O)OCCCCCCCCCCCCCCCCCC.[Na].[Na].